The van der Waals surface area contributed by atoms with E-state index in [1.807, 2.05) is 6.08 Å². The van der Waals surface area contributed by atoms with Gasteiger partial charge in [-0.15, -0.1) is 0 Å². The van der Waals surface area contributed by atoms with Crippen molar-refractivity contribution in [1.29, 1.82) is 0 Å². The second kappa shape index (κ2) is 35.3. The van der Waals surface area contributed by atoms with E-state index in [1.165, 1.54) is 119 Å². The van der Waals surface area contributed by atoms with Gasteiger partial charge in [0.15, 0.2) is 0 Å². The third kappa shape index (κ3) is 35.5. The Hall–Kier alpha value is -2.90. The highest BCUT2D eigenvalue weighted by Crippen LogP contribution is 2.18. The number of hydrogen-bond donors (Lipinski definition) is 1. The first-order valence-electron chi connectivity index (χ1n) is 22.5. The Labute approximate surface area is 350 Å². The van der Waals surface area contributed by atoms with Gasteiger partial charge in [0.2, 0.25) is 0 Å². The minimum Gasteiger partial charge on any atom is -0.392 e. The molecule has 0 amide bonds. The van der Waals surface area contributed by atoms with E-state index in [1.54, 1.807) is 0 Å². The topological polar surface area (TPSA) is 20.2 Å². The lowest BCUT2D eigenvalue weighted by Crippen LogP contribution is -1.84. The minimum absolute atomic E-state index is 0.149. The summed E-state index contributed by atoms with van der Waals surface area (Å²) in [6.07, 6.45) is 49.3. The summed E-state index contributed by atoms with van der Waals surface area (Å²) < 4.78 is 0. The van der Waals surface area contributed by atoms with Crippen LogP contribution in [0, 0.1) is 0 Å². The third-order valence-electron chi connectivity index (χ3n) is 10.8. The lowest BCUT2D eigenvalue weighted by molar-refractivity contribution is 0.341. The third-order valence-corrected chi connectivity index (χ3v) is 10.8. The van der Waals surface area contributed by atoms with Crippen LogP contribution >= 0.6 is 0 Å². The van der Waals surface area contributed by atoms with E-state index in [2.05, 4.69) is 144 Å². The Morgan fingerprint density at radius 3 is 0.518 bits per heavy atom. The van der Waals surface area contributed by atoms with Crippen LogP contribution in [0.2, 0.25) is 0 Å². The molecular formula is C55H90O. The first kappa shape index (κ1) is 53.1. The standard InChI is InChI=1S/C55H90O/c1-45(2)23-13-24-46(3)25-14-26-47(4)27-15-28-48(5)29-16-30-49(6)31-17-32-50(7)33-18-34-51(8)35-19-36-52(9)37-20-38-53(10)39-21-40-54(11)41-22-42-55(12)43-44-56/h23,25,27,29,31,33,35,37,39,41,43,56H,13-22,24,26,28,30,32,34,36,38,40,42,44H2,1-12H3. The first-order chi connectivity index (χ1) is 26.7. The van der Waals surface area contributed by atoms with E-state index in [4.69, 9.17) is 5.11 Å². The van der Waals surface area contributed by atoms with E-state index in [0.29, 0.717) is 0 Å². The van der Waals surface area contributed by atoms with Crippen molar-refractivity contribution < 1.29 is 5.11 Å². The Balaban J connectivity index is 4.26. The molecule has 0 saturated carbocycles. The zero-order valence-corrected chi connectivity index (χ0v) is 39.1. The molecule has 0 fully saturated rings. The summed E-state index contributed by atoms with van der Waals surface area (Å²) in [5.74, 6) is 0. The molecule has 0 aromatic heterocycles. The zero-order valence-electron chi connectivity index (χ0n) is 39.1. The molecule has 0 aliphatic heterocycles. The fraction of sp³-hybridized carbons (Fsp3) is 0.600. The van der Waals surface area contributed by atoms with Crippen molar-refractivity contribution in [3.8, 4) is 0 Å². The van der Waals surface area contributed by atoms with Crippen molar-refractivity contribution in [2.45, 2.75) is 212 Å². The summed E-state index contributed by atoms with van der Waals surface area (Å²) in [6.45, 7) is 27.2. The van der Waals surface area contributed by atoms with Crippen molar-refractivity contribution in [2.75, 3.05) is 6.61 Å². The average Bonchev–Trinajstić information content (AvgIpc) is 3.11. The molecule has 1 nitrogen and oxygen atoms in total. The quantitative estimate of drug-likeness (QED) is 0.0697. The monoisotopic (exact) mass is 767 g/mol. The van der Waals surface area contributed by atoms with E-state index in [0.717, 1.165) is 70.6 Å². The van der Waals surface area contributed by atoms with Crippen molar-refractivity contribution in [3.63, 3.8) is 0 Å². The molecule has 0 aromatic rings. The van der Waals surface area contributed by atoms with Crippen LogP contribution in [0.25, 0.3) is 0 Å². The molecule has 0 aliphatic carbocycles. The van der Waals surface area contributed by atoms with Crippen molar-refractivity contribution in [3.05, 3.63) is 128 Å². The Morgan fingerprint density at radius 1 is 0.232 bits per heavy atom. The molecule has 316 valence electrons. The van der Waals surface area contributed by atoms with Gasteiger partial charge in [-0.25, -0.2) is 0 Å². The van der Waals surface area contributed by atoms with Crippen LogP contribution in [0.15, 0.2) is 128 Å². The summed E-state index contributed by atoms with van der Waals surface area (Å²) in [7, 11) is 0. The number of hydrogen-bond acceptors (Lipinski definition) is 1. The van der Waals surface area contributed by atoms with Crippen LogP contribution in [-0.2, 0) is 0 Å². The highest BCUT2D eigenvalue weighted by Gasteiger charge is 1.98. The van der Waals surface area contributed by atoms with Crippen LogP contribution in [0.4, 0.5) is 0 Å². The van der Waals surface area contributed by atoms with Crippen LogP contribution in [-0.4, -0.2) is 11.7 Å². The van der Waals surface area contributed by atoms with Crippen LogP contribution in [0.3, 0.4) is 0 Å². The predicted molar refractivity (Wildman–Crippen MR) is 256 cm³/mol. The smallest absolute Gasteiger partial charge is 0.0614 e. The van der Waals surface area contributed by atoms with E-state index in [9.17, 15) is 0 Å². The summed E-state index contributed by atoms with van der Waals surface area (Å²) in [6, 6.07) is 0. The van der Waals surface area contributed by atoms with Gasteiger partial charge in [-0.2, -0.15) is 0 Å². The maximum atomic E-state index is 8.99. The van der Waals surface area contributed by atoms with Gasteiger partial charge >= 0.3 is 0 Å². The Morgan fingerprint density at radius 2 is 0.375 bits per heavy atom. The molecule has 0 rings (SSSR count). The number of aliphatic hydroxyl groups excluding tert-OH is 1. The SMILES string of the molecule is CC(C)=CCCC(C)=CCCC(C)=CCCC(C)=CCCC(C)=CCCC(C)=CCCC(C)=CCCC(C)=CCCC(C)=CCCC(C)=CCCC(C)=CCO. The molecule has 56 heavy (non-hydrogen) atoms. The average molecular weight is 767 g/mol. The molecule has 0 unspecified atom stereocenters. The summed E-state index contributed by atoms with van der Waals surface area (Å²) in [5, 5.41) is 8.99. The van der Waals surface area contributed by atoms with Gasteiger partial charge < -0.3 is 5.11 Å². The van der Waals surface area contributed by atoms with E-state index in [-0.39, 0.29) is 6.61 Å². The van der Waals surface area contributed by atoms with Gasteiger partial charge in [0.05, 0.1) is 6.61 Å². The van der Waals surface area contributed by atoms with Crippen LogP contribution in [0.5, 0.6) is 0 Å². The fourth-order valence-electron chi connectivity index (χ4n) is 6.68. The van der Waals surface area contributed by atoms with Gasteiger partial charge in [-0.3, -0.25) is 0 Å². The second-order valence-electron chi connectivity index (χ2n) is 17.4. The fourth-order valence-corrected chi connectivity index (χ4v) is 6.68. The number of aliphatic hydroxyl groups is 1. The zero-order chi connectivity index (χ0) is 42.0. The lowest BCUT2D eigenvalue weighted by atomic mass is 10.0. The molecule has 0 bridgehead atoms. The Kier molecular flexibility index (Phi) is 33.5. The highest BCUT2D eigenvalue weighted by atomic mass is 16.2. The Bertz CT molecular complexity index is 1410. The van der Waals surface area contributed by atoms with Gasteiger partial charge in [0, 0.05) is 0 Å². The minimum atomic E-state index is 0.149. The van der Waals surface area contributed by atoms with Crippen molar-refractivity contribution in [1.82, 2.24) is 0 Å². The molecule has 1 N–H and O–H groups in total. The molecule has 0 aromatic carbocycles. The molecule has 0 saturated heterocycles. The van der Waals surface area contributed by atoms with Crippen molar-refractivity contribution >= 4 is 0 Å². The molecule has 0 aliphatic rings. The lowest BCUT2D eigenvalue weighted by Gasteiger charge is -2.04. The van der Waals surface area contributed by atoms with Crippen LogP contribution < -0.4 is 0 Å². The molecule has 0 atom stereocenters. The number of rotatable bonds is 31. The van der Waals surface area contributed by atoms with Gasteiger partial charge in [0.25, 0.3) is 0 Å². The first-order valence-corrected chi connectivity index (χ1v) is 22.5. The van der Waals surface area contributed by atoms with Gasteiger partial charge in [-0.1, -0.05) is 128 Å². The summed E-state index contributed by atoms with van der Waals surface area (Å²) in [4.78, 5) is 0. The van der Waals surface area contributed by atoms with E-state index < -0.39 is 0 Å². The molecule has 0 radical (unpaired) electrons. The highest BCUT2D eigenvalue weighted by molar-refractivity contribution is 5.11. The molecule has 0 heterocycles. The molecule has 1 heteroatoms. The summed E-state index contributed by atoms with van der Waals surface area (Å²) in [5.41, 5.74) is 16.4. The summed E-state index contributed by atoms with van der Waals surface area (Å²) >= 11 is 0. The predicted octanol–water partition coefficient (Wildman–Crippen LogP) is 18.2. The second-order valence-corrected chi connectivity index (χ2v) is 17.4. The number of allylic oxidation sites excluding steroid dienone is 21. The van der Waals surface area contributed by atoms with E-state index >= 15 is 0 Å². The maximum Gasteiger partial charge on any atom is 0.0614 e. The van der Waals surface area contributed by atoms with Gasteiger partial charge in [0.1, 0.15) is 0 Å². The van der Waals surface area contributed by atoms with Crippen molar-refractivity contribution in [2.24, 2.45) is 0 Å². The largest absolute Gasteiger partial charge is 0.392 e. The molecule has 0 spiro atoms. The maximum absolute atomic E-state index is 8.99. The van der Waals surface area contributed by atoms with Crippen LogP contribution in [0.1, 0.15) is 212 Å². The van der Waals surface area contributed by atoms with Gasteiger partial charge in [-0.05, 0) is 212 Å². The normalized spacial score (nSPS) is 14.9. The molecular weight excluding hydrogens is 677 g/mol.